The number of hydrogen-bond acceptors (Lipinski definition) is 4. The van der Waals surface area contributed by atoms with Crippen LogP contribution < -0.4 is 9.62 Å². The van der Waals surface area contributed by atoms with E-state index in [1.165, 1.54) is 56.4 Å². The SMILES string of the molecule is O=C(CN(c1ccc(Cl)cc1Cl)S(=O)(=O)c1ccccc1)NCCCSC1CCCCC1. The molecule has 0 aliphatic heterocycles. The summed E-state index contributed by atoms with van der Waals surface area (Å²) in [6, 6.07) is 12.5. The summed E-state index contributed by atoms with van der Waals surface area (Å²) in [5.41, 5.74) is 0.211. The van der Waals surface area contributed by atoms with Crippen LogP contribution in [0.5, 0.6) is 0 Å². The minimum atomic E-state index is -3.99. The van der Waals surface area contributed by atoms with E-state index in [2.05, 4.69) is 5.32 Å². The summed E-state index contributed by atoms with van der Waals surface area (Å²) in [4.78, 5) is 12.7. The number of halogens is 2. The second-order valence-corrected chi connectivity index (χ2v) is 11.9. The Kier molecular flexibility index (Phi) is 9.59. The molecule has 1 aliphatic carbocycles. The summed E-state index contributed by atoms with van der Waals surface area (Å²) < 4.78 is 27.7. The lowest BCUT2D eigenvalue weighted by atomic mass is 10.0. The van der Waals surface area contributed by atoms with Gasteiger partial charge in [-0.15, -0.1) is 0 Å². The fraction of sp³-hybridized carbons (Fsp3) is 0.435. The Bertz CT molecular complexity index is 998. The third kappa shape index (κ3) is 7.04. The molecule has 0 unspecified atom stereocenters. The number of sulfonamides is 1. The maximum absolute atomic E-state index is 13.3. The molecule has 1 saturated carbocycles. The van der Waals surface area contributed by atoms with Crippen LogP contribution in [0.15, 0.2) is 53.4 Å². The number of anilines is 1. The van der Waals surface area contributed by atoms with Crippen molar-refractivity contribution in [1.82, 2.24) is 5.32 Å². The highest BCUT2D eigenvalue weighted by Crippen LogP contribution is 2.32. The molecule has 1 N–H and O–H groups in total. The molecule has 32 heavy (non-hydrogen) atoms. The second-order valence-electron chi connectivity index (χ2n) is 7.75. The van der Waals surface area contributed by atoms with Gasteiger partial charge in [-0.2, -0.15) is 11.8 Å². The van der Waals surface area contributed by atoms with Gasteiger partial charge in [-0.25, -0.2) is 8.42 Å². The smallest absolute Gasteiger partial charge is 0.264 e. The molecule has 0 aromatic heterocycles. The van der Waals surface area contributed by atoms with Crippen molar-refractivity contribution < 1.29 is 13.2 Å². The first-order valence-corrected chi connectivity index (χ1v) is 14.0. The average molecular weight is 516 g/mol. The van der Waals surface area contributed by atoms with Crippen LogP contribution in [0.4, 0.5) is 5.69 Å². The number of nitrogens with zero attached hydrogens (tertiary/aromatic N) is 1. The van der Waals surface area contributed by atoms with Gasteiger partial charge in [0.2, 0.25) is 5.91 Å². The normalized spacial score (nSPS) is 14.8. The van der Waals surface area contributed by atoms with E-state index in [1.807, 2.05) is 11.8 Å². The number of amides is 1. The fourth-order valence-electron chi connectivity index (χ4n) is 3.67. The monoisotopic (exact) mass is 514 g/mol. The van der Waals surface area contributed by atoms with Crippen molar-refractivity contribution in [2.45, 2.75) is 48.7 Å². The van der Waals surface area contributed by atoms with E-state index >= 15 is 0 Å². The lowest BCUT2D eigenvalue weighted by Crippen LogP contribution is -2.41. The fourth-order valence-corrected chi connectivity index (χ4v) is 7.00. The van der Waals surface area contributed by atoms with Crippen LogP contribution in [0.1, 0.15) is 38.5 Å². The lowest BCUT2D eigenvalue weighted by Gasteiger charge is -2.25. The minimum Gasteiger partial charge on any atom is -0.354 e. The van der Waals surface area contributed by atoms with Crippen LogP contribution in [0, 0.1) is 0 Å². The third-order valence-corrected chi connectivity index (χ3v) is 9.12. The van der Waals surface area contributed by atoms with Crippen molar-refractivity contribution in [2.75, 3.05) is 23.1 Å². The van der Waals surface area contributed by atoms with Crippen LogP contribution in [0.3, 0.4) is 0 Å². The van der Waals surface area contributed by atoms with E-state index in [0.29, 0.717) is 11.6 Å². The Morgan fingerprint density at radius 1 is 1.06 bits per heavy atom. The van der Waals surface area contributed by atoms with Gasteiger partial charge in [-0.3, -0.25) is 9.10 Å². The first-order chi connectivity index (χ1) is 15.4. The van der Waals surface area contributed by atoms with Crippen molar-refractivity contribution in [3.63, 3.8) is 0 Å². The molecule has 5 nitrogen and oxygen atoms in total. The van der Waals surface area contributed by atoms with Gasteiger partial charge in [0.05, 0.1) is 15.6 Å². The molecule has 0 saturated heterocycles. The van der Waals surface area contributed by atoms with Crippen LogP contribution in [-0.2, 0) is 14.8 Å². The molecule has 1 fully saturated rings. The van der Waals surface area contributed by atoms with Crippen LogP contribution in [0.2, 0.25) is 10.0 Å². The molecule has 174 valence electrons. The molecule has 0 atom stereocenters. The molecule has 9 heteroatoms. The standard InChI is InChI=1S/C23H28Cl2N2O3S2/c24-18-12-13-22(21(25)16-18)27(32(29,30)20-10-5-2-6-11-20)17-23(28)26-14-7-15-31-19-8-3-1-4-9-19/h2,5-6,10-13,16,19H,1,3-4,7-9,14-15,17H2,(H,26,28). The van der Waals surface area contributed by atoms with Gasteiger partial charge >= 0.3 is 0 Å². The summed E-state index contributed by atoms with van der Waals surface area (Å²) >= 11 is 14.3. The molecule has 3 rings (SSSR count). The molecule has 2 aromatic carbocycles. The molecular weight excluding hydrogens is 487 g/mol. The predicted molar refractivity (Wildman–Crippen MR) is 134 cm³/mol. The molecule has 0 radical (unpaired) electrons. The number of carbonyl (C=O) groups is 1. The topological polar surface area (TPSA) is 66.5 Å². The van der Waals surface area contributed by atoms with Gasteiger partial charge in [0.25, 0.3) is 10.0 Å². The van der Waals surface area contributed by atoms with Crippen molar-refractivity contribution in [1.29, 1.82) is 0 Å². The number of nitrogens with one attached hydrogen (secondary N) is 1. The molecule has 0 spiro atoms. The second kappa shape index (κ2) is 12.2. The zero-order chi connectivity index (χ0) is 23.0. The van der Waals surface area contributed by atoms with E-state index in [4.69, 9.17) is 23.2 Å². The highest BCUT2D eigenvalue weighted by atomic mass is 35.5. The van der Waals surface area contributed by atoms with E-state index < -0.39 is 10.0 Å². The van der Waals surface area contributed by atoms with Crippen molar-refractivity contribution in [2.24, 2.45) is 0 Å². The van der Waals surface area contributed by atoms with Gasteiger partial charge < -0.3 is 5.32 Å². The zero-order valence-corrected chi connectivity index (χ0v) is 20.9. The maximum Gasteiger partial charge on any atom is 0.264 e. The number of rotatable bonds is 10. The largest absolute Gasteiger partial charge is 0.354 e. The van der Waals surface area contributed by atoms with Crippen LogP contribution in [0.25, 0.3) is 0 Å². The van der Waals surface area contributed by atoms with E-state index in [0.717, 1.165) is 21.7 Å². The highest BCUT2D eigenvalue weighted by Gasteiger charge is 2.28. The Morgan fingerprint density at radius 2 is 1.78 bits per heavy atom. The number of benzene rings is 2. The van der Waals surface area contributed by atoms with E-state index in [-0.39, 0.29) is 28.1 Å². The van der Waals surface area contributed by atoms with Gasteiger partial charge in [-0.1, -0.05) is 60.7 Å². The first kappa shape index (κ1) is 25.2. The summed E-state index contributed by atoms with van der Waals surface area (Å²) in [6.45, 7) is 0.139. The Labute approximate surface area is 204 Å². The number of carbonyl (C=O) groups excluding carboxylic acids is 1. The molecular formula is C23H28Cl2N2O3S2. The quantitative estimate of drug-likeness (QED) is 0.409. The first-order valence-electron chi connectivity index (χ1n) is 10.8. The van der Waals surface area contributed by atoms with Gasteiger partial charge in [0, 0.05) is 16.8 Å². The van der Waals surface area contributed by atoms with Crippen molar-refractivity contribution in [3.05, 3.63) is 58.6 Å². The average Bonchev–Trinajstić information content (AvgIpc) is 2.79. The minimum absolute atomic E-state index is 0.0858. The molecule has 0 heterocycles. The molecule has 0 bridgehead atoms. The van der Waals surface area contributed by atoms with Gasteiger partial charge in [0.15, 0.2) is 0 Å². The van der Waals surface area contributed by atoms with E-state index in [1.54, 1.807) is 24.3 Å². The van der Waals surface area contributed by atoms with Crippen LogP contribution in [-0.4, -0.2) is 38.4 Å². The zero-order valence-electron chi connectivity index (χ0n) is 17.8. The number of thioether (sulfide) groups is 1. The molecule has 2 aromatic rings. The number of hydrogen-bond donors (Lipinski definition) is 1. The predicted octanol–water partition coefficient (Wildman–Crippen LogP) is 5.76. The van der Waals surface area contributed by atoms with Gasteiger partial charge in [-0.05, 0) is 55.3 Å². The Hall–Kier alpha value is -1.41. The maximum atomic E-state index is 13.3. The highest BCUT2D eigenvalue weighted by molar-refractivity contribution is 7.99. The van der Waals surface area contributed by atoms with E-state index in [9.17, 15) is 13.2 Å². The van der Waals surface area contributed by atoms with Crippen molar-refractivity contribution in [3.8, 4) is 0 Å². The lowest BCUT2D eigenvalue weighted by molar-refractivity contribution is -0.119. The van der Waals surface area contributed by atoms with Crippen LogP contribution >= 0.6 is 35.0 Å². The third-order valence-electron chi connectivity index (χ3n) is 5.35. The summed E-state index contributed by atoms with van der Waals surface area (Å²) in [7, 11) is -3.99. The Morgan fingerprint density at radius 3 is 2.47 bits per heavy atom. The molecule has 1 amide bonds. The van der Waals surface area contributed by atoms with Crippen molar-refractivity contribution >= 4 is 56.6 Å². The van der Waals surface area contributed by atoms with Gasteiger partial charge in [0.1, 0.15) is 6.54 Å². The molecule has 1 aliphatic rings. The summed E-state index contributed by atoms with van der Waals surface area (Å²) in [5.74, 6) is 0.609. The summed E-state index contributed by atoms with van der Waals surface area (Å²) in [6.07, 6.45) is 7.38. The Balaban J connectivity index is 1.64. The summed E-state index contributed by atoms with van der Waals surface area (Å²) in [5, 5.41) is 4.13.